The van der Waals surface area contributed by atoms with Crippen LogP contribution in [0.5, 0.6) is 0 Å². The Balaban J connectivity index is 1.35. The van der Waals surface area contributed by atoms with E-state index in [1.807, 2.05) is 36.6 Å². The van der Waals surface area contributed by atoms with E-state index in [1.165, 1.54) is 33.7 Å². The van der Waals surface area contributed by atoms with Crippen LogP contribution in [0.1, 0.15) is 15.2 Å². The van der Waals surface area contributed by atoms with Crippen LogP contribution in [0, 0.1) is 6.92 Å². The van der Waals surface area contributed by atoms with Gasteiger partial charge in [-0.25, -0.2) is 9.78 Å². The van der Waals surface area contributed by atoms with Gasteiger partial charge in [-0.05, 0) is 28.8 Å². The quantitative estimate of drug-likeness (QED) is 0.472. The molecular weight excluding hydrogens is 412 g/mol. The maximum atomic E-state index is 12.3. The molecule has 0 unspecified atom stereocenters. The van der Waals surface area contributed by atoms with Crippen molar-refractivity contribution in [1.82, 2.24) is 25.2 Å². The van der Waals surface area contributed by atoms with Crippen molar-refractivity contribution in [1.29, 1.82) is 0 Å². The maximum Gasteiger partial charge on any atom is 0.351 e. The van der Waals surface area contributed by atoms with Crippen LogP contribution >= 0.6 is 22.7 Å². The highest BCUT2D eigenvalue weighted by atomic mass is 32.1. The number of nitrogens with one attached hydrogen (secondary N) is 1. The minimum Gasteiger partial charge on any atom is -0.451 e. The van der Waals surface area contributed by atoms with E-state index in [0.717, 1.165) is 16.8 Å². The molecule has 0 aliphatic rings. The summed E-state index contributed by atoms with van der Waals surface area (Å²) in [6.07, 6.45) is 1.37. The van der Waals surface area contributed by atoms with Crippen molar-refractivity contribution in [3.05, 3.63) is 57.9 Å². The number of nitrogens with zero attached hydrogens (tertiary/aromatic N) is 5. The van der Waals surface area contributed by atoms with E-state index >= 15 is 0 Å². The first-order valence-electron chi connectivity index (χ1n) is 8.40. The Kier molecular flexibility index (Phi) is 5.40. The van der Waals surface area contributed by atoms with Crippen LogP contribution in [0.15, 0.2) is 47.4 Å². The summed E-state index contributed by atoms with van der Waals surface area (Å²) in [5.41, 5.74) is 3.39. The van der Waals surface area contributed by atoms with Gasteiger partial charge < -0.3 is 4.74 Å². The summed E-state index contributed by atoms with van der Waals surface area (Å²) in [5, 5.41) is 17.5. The molecule has 0 aliphatic heterocycles. The number of hydrogen-bond donors (Lipinski definition) is 1. The topological polar surface area (TPSA) is 112 Å². The number of carbonyl (C=O) groups excluding carboxylic acids is 2. The Bertz CT molecular complexity index is 1130. The number of aryl methyl sites for hydroxylation is 1. The summed E-state index contributed by atoms with van der Waals surface area (Å²) < 4.78 is 6.47. The number of rotatable bonds is 6. The van der Waals surface area contributed by atoms with Gasteiger partial charge in [0.15, 0.2) is 11.7 Å². The number of thiophene rings is 1. The predicted molar refractivity (Wildman–Crippen MR) is 108 cm³/mol. The highest BCUT2D eigenvalue weighted by Crippen LogP contribution is 2.25. The molecule has 0 saturated heterocycles. The molecule has 3 aromatic heterocycles. The van der Waals surface area contributed by atoms with Gasteiger partial charge in [0.1, 0.15) is 11.2 Å². The van der Waals surface area contributed by atoms with Crippen molar-refractivity contribution in [3.8, 4) is 16.9 Å². The zero-order valence-electron chi connectivity index (χ0n) is 15.1. The lowest BCUT2D eigenvalue weighted by atomic mass is 10.1. The molecule has 0 radical (unpaired) electrons. The first-order chi connectivity index (χ1) is 14.1. The number of ether oxygens (including phenoxy) is 1. The number of thiazole rings is 1. The van der Waals surface area contributed by atoms with Gasteiger partial charge in [-0.2, -0.15) is 4.68 Å². The zero-order chi connectivity index (χ0) is 20.2. The molecule has 1 amide bonds. The SMILES string of the molecule is Cc1ccc(-c2csc(NC(=O)COC(=O)c3sccc3-n3cnnn3)n2)cc1. The summed E-state index contributed by atoms with van der Waals surface area (Å²) in [7, 11) is 0. The Morgan fingerprint density at radius 2 is 2.00 bits per heavy atom. The van der Waals surface area contributed by atoms with Gasteiger partial charge in [0, 0.05) is 10.9 Å². The summed E-state index contributed by atoms with van der Waals surface area (Å²) in [6.45, 7) is 1.59. The minimum absolute atomic E-state index is 0.306. The standard InChI is InChI=1S/C18H14N6O3S2/c1-11-2-4-12(5-3-11)13-9-29-18(20-13)21-15(25)8-27-17(26)16-14(6-7-28-16)24-10-19-22-23-24/h2-7,9-10H,8H2,1H3,(H,20,21,25). The molecule has 0 bridgehead atoms. The number of hydrogen-bond acceptors (Lipinski definition) is 9. The lowest BCUT2D eigenvalue weighted by Gasteiger charge is -2.05. The molecule has 3 heterocycles. The molecule has 1 aromatic carbocycles. The highest BCUT2D eigenvalue weighted by Gasteiger charge is 2.18. The van der Waals surface area contributed by atoms with Gasteiger partial charge in [-0.3, -0.25) is 10.1 Å². The number of tetrazole rings is 1. The summed E-state index contributed by atoms with van der Waals surface area (Å²) in [4.78, 5) is 29.1. The van der Waals surface area contributed by atoms with E-state index in [-0.39, 0.29) is 0 Å². The van der Waals surface area contributed by atoms with E-state index < -0.39 is 18.5 Å². The van der Waals surface area contributed by atoms with E-state index in [2.05, 4.69) is 25.8 Å². The average molecular weight is 426 g/mol. The third-order valence-corrected chi connectivity index (χ3v) is 5.50. The number of carbonyl (C=O) groups is 2. The largest absolute Gasteiger partial charge is 0.451 e. The second kappa shape index (κ2) is 8.29. The third kappa shape index (κ3) is 4.36. The van der Waals surface area contributed by atoms with Gasteiger partial charge in [0.2, 0.25) is 0 Å². The monoisotopic (exact) mass is 426 g/mol. The summed E-state index contributed by atoms with van der Waals surface area (Å²) >= 11 is 2.48. The smallest absolute Gasteiger partial charge is 0.351 e. The van der Waals surface area contributed by atoms with Crippen LogP contribution in [0.25, 0.3) is 16.9 Å². The van der Waals surface area contributed by atoms with Gasteiger partial charge in [0.05, 0.1) is 11.4 Å². The molecule has 11 heteroatoms. The fourth-order valence-corrected chi connectivity index (χ4v) is 3.95. The van der Waals surface area contributed by atoms with Crippen LogP contribution in [-0.2, 0) is 9.53 Å². The van der Waals surface area contributed by atoms with Crippen LogP contribution in [0.4, 0.5) is 5.13 Å². The van der Waals surface area contributed by atoms with Crippen molar-refractivity contribution < 1.29 is 14.3 Å². The normalized spacial score (nSPS) is 10.7. The Morgan fingerprint density at radius 3 is 2.76 bits per heavy atom. The molecule has 146 valence electrons. The molecule has 0 fully saturated rings. The van der Waals surface area contributed by atoms with Crippen LogP contribution in [0.3, 0.4) is 0 Å². The van der Waals surface area contributed by atoms with E-state index in [0.29, 0.717) is 15.7 Å². The maximum absolute atomic E-state index is 12.3. The molecule has 4 aromatic rings. The lowest BCUT2D eigenvalue weighted by molar-refractivity contribution is -0.119. The molecular formula is C18H14N6O3S2. The molecule has 1 N–H and O–H groups in total. The molecule has 0 atom stereocenters. The van der Waals surface area contributed by atoms with Crippen molar-refractivity contribution in [2.45, 2.75) is 6.92 Å². The molecule has 0 aliphatic carbocycles. The second-order valence-corrected chi connectivity index (χ2v) is 7.69. The molecule has 0 spiro atoms. The number of anilines is 1. The van der Waals surface area contributed by atoms with Gasteiger partial charge >= 0.3 is 5.97 Å². The number of benzene rings is 1. The van der Waals surface area contributed by atoms with Crippen molar-refractivity contribution in [3.63, 3.8) is 0 Å². The summed E-state index contributed by atoms with van der Waals surface area (Å²) in [6, 6.07) is 9.64. The van der Waals surface area contributed by atoms with E-state index in [9.17, 15) is 9.59 Å². The summed E-state index contributed by atoms with van der Waals surface area (Å²) in [5.74, 6) is -1.09. The van der Waals surface area contributed by atoms with Gasteiger partial charge in [-0.1, -0.05) is 29.8 Å². The second-order valence-electron chi connectivity index (χ2n) is 5.92. The molecule has 29 heavy (non-hydrogen) atoms. The predicted octanol–water partition coefficient (Wildman–Crippen LogP) is 2.95. The number of aromatic nitrogens is 5. The Morgan fingerprint density at radius 1 is 1.17 bits per heavy atom. The van der Waals surface area contributed by atoms with Gasteiger partial charge in [0.25, 0.3) is 5.91 Å². The van der Waals surface area contributed by atoms with Crippen LogP contribution in [0.2, 0.25) is 0 Å². The van der Waals surface area contributed by atoms with Crippen LogP contribution in [-0.4, -0.2) is 43.7 Å². The Hall–Kier alpha value is -3.44. The van der Waals surface area contributed by atoms with Crippen molar-refractivity contribution in [2.24, 2.45) is 0 Å². The lowest BCUT2D eigenvalue weighted by Crippen LogP contribution is -2.21. The fraction of sp³-hybridized carbons (Fsp3) is 0.111. The minimum atomic E-state index is -0.625. The Labute approximate surface area is 173 Å². The molecule has 9 nitrogen and oxygen atoms in total. The zero-order valence-corrected chi connectivity index (χ0v) is 16.7. The molecule has 0 saturated carbocycles. The fourth-order valence-electron chi connectivity index (χ4n) is 2.45. The number of esters is 1. The van der Waals surface area contributed by atoms with Crippen molar-refractivity contribution >= 4 is 39.7 Å². The first kappa shape index (κ1) is 18.9. The third-order valence-electron chi connectivity index (χ3n) is 3.86. The van der Waals surface area contributed by atoms with Crippen molar-refractivity contribution in [2.75, 3.05) is 11.9 Å². The average Bonchev–Trinajstić information content (AvgIpc) is 3.47. The molecule has 4 rings (SSSR count). The number of amides is 1. The van der Waals surface area contributed by atoms with Crippen LogP contribution < -0.4 is 5.32 Å². The van der Waals surface area contributed by atoms with E-state index in [4.69, 9.17) is 4.74 Å². The highest BCUT2D eigenvalue weighted by molar-refractivity contribution is 7.14. The van der Waals surface area contributed by atoms with Gasteiger partial charge in [-0.15, -0.1) is 27.8 Å². The first-order valence-corrected chi connectivity index (χ1v) is 10.2. The van der Waals surface area contributed by atoms with E-state index in [1.54, 1.807) is 11.4 Å².